The molecule has 1 aromatic carbocycles. The highest BCUT2D eigenvalue weighted by molar-refractivity contribution is 6.02. The number of benzene rings is 1. The molecule has 3 heterocycles. The van der Waals surface area contributed by atoms with Crippen LogP contribution in [0.25, 0.3) is 39.5 Å². The van der Waals surface area contributed by atoms with Crippen molar-refractivity contribution in [2.24, 2.45) is 0 Å². The van der Waals surface area contributed by atoms with Gasteiger partial charge in [-0.3, -0.25) is 4.79 Å². The van der Waals surface area contributed by atoms with Gasteiger partial charge in [0.15, 0.2) is 0 Å². The zero-order chi connectivity index (χ0) is 21.4. The van der Waals surface area contributed by atoms with E-state index in [0.29, 0.717) is 6.04 Å². The average Bonchev–Trinajstić information content (AvgIpc) is 3.42. The number of imidazole rings is 1. The SMILES string of the molecule is CN(C)C(=O)/C=C/c1ccc(-c2nc3cnc4[nH]ccc4c3n2C2CCCCC2)cc1. The lowest BCUT2D eigenvalue weighted by Gasteiger charge is -2.26. The number of fused-ring (bicyclic) bond motifs is 3. The predicted molar refractivity (Wildman–Crippen MR) is 125 cm³/mol. The van der Waals surface area contributed by atoms with E-state index in [1.165, 1.54) is 37.6 Å². The molecule has 0 aliphatic heterocycles. The van der Waals surface area contributed by atoms with Gasteiger partial charge in [0.2, 0.25) is 5.91 Å². The normalized spacial score (nSPS) is 15.3. The van der Waals surface area contributed by atoms with Gasteiger partial charge in [-0.25, -0.2) is 9.97 Å². The Morgan fingerprint density at radius 1 is 1.13 bits per heavy atom. The second-order valence-corrected chi connectivity index (χ2v) is 8.52. The van der Waals surface area contributed by atoms with Crippen LogP contribution in [0.5, 0.6) is 0 Å². The van der Waals surface area contributed by atoms with E-state index in [0.717, 1.165) is 33.5 Å². The fourth-order valence-electron chi connectivity index (χ4n) is 4.55. The van der Waals surface area contributed by atoms with Crippen LogP contribution in [0.3, 0.4) is 0 Å². The first-order chi connectivity index (χ1) is 15.1. The largest absolute Gasteiger partial charge is 0.346 e. The first-order valence-corrected chi connectivity index (χ1v) is 11.0. The topological polar surface area (TPSA) is 66.8 Å². The number of hydrogen-bond acceptors (Lipinski definition) is 3. The number of H-pyrrole nitrogens is 1. The third-order valence-electron chi connectivity index (χ3n) is 6.20. The van der Waals surface area contributed by atoms with Crippen molar-refractivity contribution in [1.82, 2.24) is 24.4 Å². The van der Waals surface area contributed by atoms with Crippen molar-refractivity contribution in [3.8, 4) is 11.4 Å². The molecule has 31 heavy (non-hydrogen) atoms. The van der Waals surface area contributed by atoms with Crippen LogP contribution in [0.1, 0.15) is 43.7 Å². The molecule has 3 aromatic heterocycles. The van der Waals surface area contributed by atoms with Crippen LogP contribution in [-0.2, 0) is 4.79 Å². The first-order valence-electron chi connectivity index (χ1n) is 11.0. The summed E-state index contributed by atoms with van der Waals surface area (Å²) < 4.78 is 2.45. The lowest BCUT2D eigenvalue weighted by atomic mass is 9.94. The minimum absolute atomic E-state index is 0.0220. The number of nitrogens with one attached hydrogen (secondary N) is 1. The smallest absolute Gasteiger partial charge is 0.246 e. The van der Waals surface area contributed by atoms with Crippen molar-refractivity contribution in [3.63, 3.8) is 0 Å². The van der Waals surface area contributed by atoms with Crippen LogP contribution in [0.4, 0.5) is 0 Å². The Bertz CT molecular complexity index is 1260. The monoisotopic (exact) mass is 413 g/mol. The molecule has 1 amide bonds. The number of aromatic amines is 1. The zero-order valence-electron chi connectivity index (χ0n) is 18.0. The molecule has 4 aromatic rings. The molecule has 0 bridgehead atoms. The quantitative estimate of drug-likeness (QED) is 0.469. The Morgan fingerprint density at radius 3 is 2.65 bits per heavy atom. The lowest BCUT2D eigenvalue weighted by molar-refractivity contribution is -0.123. The maximum Gasteiger partial charge on any atom is 0.246 e. The molecule has 1 aliphatic rings. The van der Waals surface area contributed by atoms with Gasteiger partial charge in [0.25, 0.3) is 0 Å². The van der Waals surface area contributed by atoms with Crippen LogP contribution in [-0.4, -0.2) is 44.4 Å². The Balaban J connectivity index is 1.60. The zero-order valence-corrected chi connectivity index (χ0v) is 18.0. The van der Waals surface area contributed by atoms with Gasteiger partial charge in [0.05, 0.1) is 11.7 Å². The van der Waals surface area contributed by atoms with Gasteiger partial charge >= 0.3 is 0 Å². The van der Waals surface area contributed by atoms with Gasteiger partial charge in [0, 0.05) is 43.4 Å². The average molecular weight is 414 g/mol. The summed E-state index contributed by atoms with van der Waals surface area (Å²) in [5, 5.41) is 1.13. The number of carbonyl (C=O) groups is 1. The highest BCUT2D eigenvalue weighted by Gasteiger charge is 2.24. The molecule has 0 radical (unpaired) electrons. The van der Waals surface area contributed by atoms with Gasteiger partial charge in [-0.2, -0.15) is 0 Å². The second kappa shape index (κ2) is 8.02. The van der Waals surface area contributed by atoms with Crippen molar-refractivity contribution in [2.45, 2.75) is 38.1 Å². The van der Waals surface area contributed by atoms with Gasteiger partial charge in [-0.15, -0.1) is 0 Å². The summed E-state index contributed by atoms with van der Waals surface area (Å²) in [5.74, 6) is 0.975. The Labute approximate surface area is 181 Å². The summed E-state index contributed by atoms with van der Waals surface area (Å²) in [7, 11) is 3.50. The number of carbonyl (C=O) groups excluding carboxylic acids is 1. The molecule has 6 nitrogen and oxygen atoms in total. The van der Waals surface area contributed by atoms with Gasteiger partial charge in [-0.05, 0) is 30.5 Å². The summed E-state index contributed by atoms with van der Waals surface area (Å²) >= 11 is 0. The van der Waals surface area contributed by atoms with Crippen molar-refractivity contribution >= 4 is 34.1 Å². The number of likely N-dealkylation sites (N-methyl/N-ethyl adjacent to an activating group) is 1. The standard InChI is InChI=1S/C25H27N5O/c1-29(2)22(31)13-10-17-8-11-18(12-9-17)25-28-21-16-27-24-20(14-15-26-24)23(21)30(25)19-6-4-3-5-7-19/h8-16,19H,3-7H2,1-2H3,(H,26,27)/b13-10+. The third kappa shape index (κ3) is 3.63. The molecule has 1 saturated carbocycles. The summed E-state index contributed by atoms with van der Waals surface area (Å²) in [4.78, 5) is 26.2. The number of rotatable bonds is 4. The van der Waals surface area contributed by atoms with Crippen LogP contribution < -0.4 is 0 Å². The minimum atomic E-state index is -0.0220. The van der Waals surface area contributed by atoms with Crippen LogP contribution in [0, 0.1) is 0 Å². The van der Waals surface area contributed by atoms with E-state index in [9.17, 15) is 4.79 Å². The fourth-order valence-corrected chi connectivity index (χ4v) is 4.55. The van der Waals surface area contributed by atoms with E-state index < -0.39 is 0 Å². The van der Waals surface area contributed by atoms with Gasteiger partial charge < -0.3 is 14.5 Å². The minimum Gasteiger partial charge on any atom is -0.346 e. The Kier molecular flexibility index (Phi) is 5.06. The second-order valence-electron chi connectivity index (χ2n) is 8.52. The maximum atomic E-state index is 11.8. The highest BCUT2D eigenvalue weighted by atomic mass is 16.2. The van der Waals surface area contributed by atoms with Crippen molar-refractivity contribution in [1.29, 1.82) is 0 Å². The molecule has 1 fully saturated rings. The molecule has 0 unspecified atom stereocenters. The van der Waals surface area contributed by atoms with E-state index in [-0.39, 0.29) is 5.91 Å². The van der Waals surface area contributed by atoms with Crippen LogP contribution >= 0.6 is 0 Å². The maximum absolute atomic E-state index is 11.8. The number of nitrogens with zero attached hydrogens (tertiary/aromatic N) is 4. The molecule has 158 valence electrons. The van der Waals surface area contributed by atoms with Crippen molar-refractivity contribution < 1.29 is 4.79 Å². The lowest BCUT2D eigenvalue weighted by Crippen LogP contribution is -2.18. The van der Waals surface area contributed by atoms with Gasteiger partial charge in [-0.1, -0.05) is 43.5 Å². The van der Waals surface area contributed by atoms with E-state index >= 15 is 0 Å². The Morgan fingerprint density at radius 2 is 1.90 bits per heavy atom. The third-order valence-corrected chi connectivity index (χ3v) is 6.20. The number of amides is 1. The van der Waals surface area contributed by atoms with E-state index in [2.05, 4.69) is 32.7 Å². The van der Waals surface area contributed by atoms with Crippen LogP contribution in [0.2, 0.25) is 0 Å². The predicted octanol–water partition coefficient (Wildman–Crippen LogP) is 5.19. The van der Waals surface area contributed by atoms with Crippen molar-refractivity contribution in [2.75, 3.05) is 14.1 Å². The number of pyridine rings is 1. The Hall–Kier alpha value is -3.41. The highest BCUT2D eigenvalue weighted by Crippen LogP contribution is 2.37. The summed E-state index contributed by atoms with van der Waals surface area (Å²) in [6, 6.07) is 10.8. The molecule has 1 aliphatic carbocycles. The van der Waals surface area contributed by atoms with E-state index in [4.69, 9.17) is 4.98 Å². The molecular formula is C25H27N5O. The van der Waals surface area contributed by atoms with Gasteiger partial charge in [0.1, 0.15) is 17.0 Å². The van der Waals surface area contributed by atoms with Crippen molar-refractivity contribution in [3.05, 3.63) is 54.4 Å². The molecule has 5 rings (SSSR count). The molecule has 0 spiro atoms. The molecule has 0 atom stereocenters. The molecule has 0 saturated heterocycles. The number of hydrogen-bond donors (Lipinski definition) is 1. The fraction of sp³-hybridized carbons (Fsp3) is 0.320. The van der Waals surface area contributed by atoms with Crippen LogP contribution in [0.15, 0.2) is 48.8 Å². The number of aromatic nitrogens is 4. The summed E-state index contributed by atoms with van der Waals surface area (Å²) in [6.07, 6.45) is 13.5. The van der Waals surface area contributed by atoms with E-state index in [1.54, 1.807) is 25.1 Å². The summed E-state index contributed by atoms with van der Waals surface area (Å²) in [5.41, 5.74) is 5.10. The van der Waals surface area contributed by atoms with E-state index in [1.807, 2.05) is 30.6 Å². The summed E-state index contributed by atoms with van der Waals surface area (Å²) in [6.45, 7) is 0. The molecule has 6 heteroatoms. The molecule has 1 N–H and O–H groups in total. The molecular weight excluding hydrogens is 386 g/mol. The first kappa shape index (κ1) is 19.5.